The second-order valence-corrected chi connectivity index (χ2v) is 6.71. The zero-order chi connectivity index (χ0) is 20.1. The minimum absolute atomic E-state index is 0.111. The van der Waals surface area contributed by atoms with Gasteiger partial charge in [-0.2, -0.15) is 0 Å². The molecule has 27 heavy (non-hydrogen) atoms. The second-order valence-electron chi connectivity index (χ2n) is 6.71. The first-order chi connectivity index (χ1) is 12.8. The quantitative estimate of drug-likeness (QED) is 0.571. The van der Waals surface area contributed by atoms with Crippen LogP contribution in [0.1, 0.15) is 27.7 Å². The molecule has 0 aromatic heterocycles. The molecule has 1 aromatic rings. The Labute approximate surface area is 160 Å². The van der Waals surface area contributed by atoms with Gasteiger partial charge in [0.1, 0.15) is 18.0 Å². The molecule has 0 bridgehead atoms. The molecule has 0 saturated heterocycles. The van der Waals surface area contributed by atoms with E-state index < -0.39 is 11.7 Å². The highest BCUT2D eigenvalue weighted by atomic mass is 16.6. The fraction of sp³-hybridized carbons (Fsp3) is 0.579. The number of ether oxygens (including phenoxy) is 4. The van der Waals surface area contributed by atoms with Crippen molar-refractivity contribution in [2.75, 3.05) is 44.9 Å². The van der Waals surface area contributed by atoms with E-state index >= 15 is 0 Å². The van der Waals surface area contributed by atoms with Crippen molar-refractivity contribution in [3.63, 3.8) is 0 Å². The molecule has 0 saturated carbocycles. The van der Waals surface area contributed by atoms with Crippen LogP contribution < -0.4 is 15.4 Å². The molecule has 0 unspecified atom stereocenters. The van der Waals surface area contributed by atoms with E-state index in [4.69, 9.17) is 18.9 Å². The summed E-state index contributed by atoms with van der Waals surface area (Å²) in [5.74, 6) is 0.595. The molecule has 0 atom stereocenters. The van der Waals surface area contributed by atoms with Gasteiger partial charge in [0.15, 0.2) is 0 Å². The van der Waals surface area contributed by atoms with Crippen molar-refractivity contribution >= 4 is 17.7 Å². The number of nitrogens with one attached hydrogen (secondary N) is 2. The number of carbonyl (C=O) groups excluding carboxylic acids is 2. The number of rotatable bonds is 11. The van der Waals surface area contributed by atoms with E-state index in [1.165, 1.54) is 6.92 Å². The molecule has 2 amide bonds. The number of alkyl carbamates (subject to hydrolysis) is 1. The van der Waals surface area contributed by atoms with Gasteiger partial charge >= 0.3 is 6.09 Å². The van der Waals surface area contributed by atoms with Crippen molar-refractivity contribution in [2.24, 2.45) is 0 Å². The van der Waals surface area contributed by atoms with Crippen molar-refractivity contribution in [3.05, 3.63) is 24.3 Å². The van der Waals surface area contributed by atoms with Gasteiger partial charge < -0.3 is 29.6 Å². The Morgan fingerprint density at radius 3 is 2.11 bits per heavy atom. The molecular weight excluding hydrogens is 352 g/mol. The minimum Gasteiger partial charge on any atom is -0.491 e. The third-order valence-corrected chi connectivity index (χ3v) is 2.96. The van der Waals surface area contributed by atoms with Crippen molar-refractivity contribution in [1.29, 1.82) is 0 Å². The molecule has 0 spiro atoms. The van der Waals surface area contributed by atoms with Gasteiger partial charge in [-0.1, -0.05) is 0 Å². The number of benzene rings is 1. The first-order valence-electron chi connectivity index (χ1n) is 8.89. The SMILES string of the molecule is CC(=O)Nc1ccc(OCCOCCOCCNC(=O)OC(C)(C)C)cc1. The van der Waals surface area contributed by atoms with Crippen molar-refractivity contribution in [2.45, 2.75) is 33.3 Å². The molecule has 0 fully saturated rings. The lowest BCUT2D eigenvalue weighted by Gasteiger charge is -2.19. The standard InChI is InChI=1S/C19H30N2O6/c1-15(22)21-16-5-7-17(8-6-16)26-14-13-25-12-11-24-10-9-20-18(23)27-19(2,3)4/h5-8H,9-14H2,1-4H3,(H,20,23)(H,21,22). The van der Waals surface area contributed by atoms with Gasteiger partial charge in [0.25, 0.3) is 0 Å². The Bertz CT molecular complexity index is 569. The van der Waals surface area contributed by atoms with Gasteiger partial charge in [0.2, 0.25) is 5.91 Å². The molecule has 0 aliphatic carbocycles. The number of hydrogen-bond acceptors (Lipinski definition) is 6. The predicted octanol–water partition coefficient (Wildman–Crippen LogP) is 2.58. The van der Waals surface area contributed by atoms with Gasteiger partial charge in [-0.05, 0) is 45.0 Å². The molecule has 152 valence electrons. The average Bonchev–Trinajstić information content (AvgIpc) is 2.56. The lowest BCUT2D eigenvalue weighted by molar-refractivity contribution is -0.114. The van der Waals surface area contributed by atoms with Crippen LogP contribution in [0.2, 0.25) is 0 Å². The van der Waals surface area contributed by atoms with E-state index in [9.17, 15) is 9.59 Å². The summed E-state index contributed by atoms with van der Waals surface area (Å²) in [5, 5.41) is 5.30. The third kappa shape index (κ3) is 12.6. The summed E-state index contributed by atoms with van der Waals surface area (Å²) >= 11 is 0. The van der Waals surface area contributed by atoms with Crippen LogP contribution in [0.15, 0.2) is 24.3 Å². The third-order valence-electron chi connectivity index (χ3n) is 2.96. The highest BCUT2D eigenvalue weighted by Gasteiger charge is 2.15. The minimum atomic E-state index is -0.506. The molecule has 8 nitrogen and oxygen atoms in total. The summed E-state index contributed by atoms with van der Waals surface area (Å²) in [5.41, 5.74) is 0.221. The summed E-state index contributed by atoms with van der Waals surface area (Å²) in [6, 6.07) is 7.12. The summed E-state index contributed by atoms with van der Waals surface area (Å²) in [7, 11) is 0. The normalized spacial score (nSPS) is 11.0. The van der Waals surface area contributed by atoms with Gasteiger partial charge in [-0.3, -0.25) is 4.79 Å². The van der Waals surface area contributed by atoms with Crippen LogP contribution in [0.4, 0.5) is 10.5 Å². The van der Waals surface area contributed by atoms with Crippen molar-refractivity contribution in [1.82, 2.24) is 5.32 Å². The molecular formula is C19H30N2O6. The summed E-state index contributed by atoms with van der Waals surface area (Å²) in [4.78, 5) is 22.3. The monoisotopic (exact) mass is 382 g/mol. The van der Waals surface area contributed by atoms with Crippen LogP contribution in [0.5, 0.6) is 5.75 Å². The molecule has 0 aliphatic heterocycles. The van der Waals surface area contributed by atoms with Crippen LogP contribution >= 0.6 is 0 Å². The van der Waals surface area contributed by atoms with Crippen molar-refractivity contribution < 1.29 is 28.5 Å². The Kier molecular flexibility index (Phi) is 10.2. The Morgan fingerprint density at radius 2 is 1.52 bits per heavy atom. The highest BCUT2D eigenvalue weighted by molar-refractivity contribution is 5.88. The Morgan fingerprint density at radius 1 is 0.926 bits per heavy atom. The van der Waals surface area contributed by atoms with Gasteiger partial charge in [-0.25, -0.2) is 4.79 Å². The Hall–Kier alpha value is -2.32. The molecule has 8 heteroatoms. The van der Waals surface area contributed by atoms with E-state index in [1.54, 1.807) is 24.3 Å². The number of anilines is 1. The number of hydrogen-bond donors (Lipinski definition) is 2. The predicted molar refractivity (Wildman–Crippen MR) is 102 cm³/mol. The maximum atomic E-state index is 11.4. The molecule has 0 heterocycles. The van der Waals surface area contributed by atoms with E-state index in [0.29, 0.717) is 45.3 Å². The maximum absolute atomic E-state index is 11.4. The van der Waals surface area contributed by atoms with Crippen LogP contribution in [-0.2, 0) is 19.0 Å². The Balaban J connectivity index is 1.96. The van der Waals surface area contributed by atoms with Gasteiger partial charge in [0.05, 0.1) is 26.4 Å². The topological polar surface area (TPSA) is 95.1 Å². The molecule has 0 radical (unpaired) electrons. The molecule has 0 aliphatic rings. The number of carbonyl (C=O) groups is 2. The smallest absolute Gasteiger partial charge is 0.407 e. The molecule has 2 N–H and O–H groups in total. The zero-order valence-corrected chi connectivity index (χ0v) is 16.5. The van der Waals surface area contributed by atoms with E-state index in [2.05, 4.69) is 10.6 Å². The van der Waals surface area contributed by atoms with Crippen LogP contribution in [-0.4, -0.2) is 57.2 Å². The number of amides is 2. The lowest BCUT2D eigenvalue weighted by Crippen LogP contribution is -2.34. The fourth-order valence-electron chi connectivity index (χ4n) is 1.92. The van der Waals surface area contributed by atoms with Crippen molar-refractivity contribution in [3.8, 4) is 5.75 Å². The summed E-state index contributed by atoms with van der Waals surface area (Å²) in [6.45, 7) is 9.39. The fourth-order valence-corrected chi connectivity index (χ4v) is 1.92. The summed E-state index contributed by atoms with van der Waals surface area (Å²) in [6.07, 6.45) is -0.454. The van der Waals surface area contributed by atoms with Crippen LogP contribution in [0, 0.1) is 0 Å². The zero-order valence-electron chi connectivity index (χ0n) is 16.5. The first kappa shape index (κ1) is 22.7. The molecule has 1 aromatic carbocycles. The summed E-state index contributed by atoms with van der Waals surface area (Å²) < 4.78 is 21.4. The second kappa shape index (κ2) is 12.1. The molecule has 1 rings (SSSR count). The average molecular weight is 382 g/mol. The van der Waals surface area contributed by atoms with E-state index in [-0.39, 0.29) is 5.91 Å². The van der Waals surface area contributed by atoms with E-state index in [1.807, 2.05) is 20.8 Å². The first-order valence-corrected chi connectivity index (χ1v) is 8.89. The largest absolute Gasteiger partial charge is 0.491 e. The van der Waals surface area contributed by atoms with E-state index in [0.717, 1.165) is 5.69 Å². The van der Waals surface area contributed by atoms with Gasteiger partial charge in [-0.15, -0.1) is 0 Å². The highest BCUT2D eigenvalue weighted by Crippen LogP contribution is 2.15. The van der Waals surface area contributed by atoms with Gasteiger partial charge in [0, 0.05) is 19.2 Å². The van der Waals surface area contributed by atoms with Crippen LogP contribution in [0.25, 0.3) is 0 Å². The van der Waals surface area contributed by atoms with Crippen LogP contribution in [0.3, 0.4) is 0 Å². The lowest BCUT2D eigenvalue weighted by atomic mass is 10.2. The maximum Gasteiger partial charge on any atom is 0.407 e.